The highest BCUT2D eigenvalue weighted by Crippen LogP contribution is 2.23. The Bertz CT molecular complexity index is 960. The lowest BCUT2D eigenvalue weighted by Crippen LogP contribution is -2.38. The lowest BCUT2D eigenvalue weighted by molar-refractivity contribution is -0.152. The van der Waals surface area contributed by atoms with Crippen molar-refractivity contribution in [3.05, 3.63) is 58.7 Å². The summed E-state index contributed by atoms with van der Waals surface area (Å²) < 4.78 is 5.59. The summed E-state index contributed by atoms with van der Waals surface area (Å²) in [6.07, 6.45) is 6.41. The molecule has 6 heteroatoms. The summed E-state index contributed by atoms with van der Waals surface area (Å²) in [5.41, 5.74) is 3.98. The van der Waals surface area contributed by atoms with E-state index in [2.05, 4.69) is 31.3 Å². The fourth-order valence-corrected chi connectivity index (χ4v) is 4.11. The van der Waals surface area contributed by atoms with Crippen molar-refractivity contribution in [1.29, 1.82) is 0 Å². The SMILES string of the molecule is CCCCCCCN(CCc1ccc(OC(C)(C)C(=O)O)cc1)C(=O)Nc1c(C)cc(C)cc1C. The van der Waals surface area contributed by atoms with E-state index in [1.54, 1.807) is 12.1 Å². The van der Waals surface area contributed by atoms with Crippen LogP contribution in [-0.4, -0.2) is 40.7 Å². The van der Waals surface area contributed by atoms with Crippen LogP contribution in [-0.2, 0) is 11.2 Å². The molecule has 0 aliphatic carbocycles. The molecule has 6 nitrogen and oxygen atoms in total. The van der Waals surface area contributed by atoms with Crippen molar-refractivity contribution in [2.45, 2.75) is 85.7 Å². The molecule has 2 aromatic rings. The summed E-state index contributed by atoms with van der Waals surface area (Å²) in [5, 5.41) is 12.4. The molecule has 0 fully saturated rings. The number of carbonyl (C=O) groups excluding carboxylic acids is 1. The monoisotopic (exact) mass is 482 g/mol. The summed E-state index contributed by atoms with van der Waals surface area (Å²) in [5.74, 6) is -0.502. The first-order chi connectivity index (χ1) is 16.5. The summed E-state index contributed by atoms with van der Waals surface area (Å²) >= 11 is 0. The first kappa shape index (κ1) is 28.2. The molecule has 35 heavy (non-hydrogen) atoms. The van der Waals surface area contributed by atoms with Crippen molar-refractivity contribution in [2.75, 3.05) is 18.4 Å². The summed E-state index contributed by atoms with van der Waals surface area (Å²) in [4.78, 5) is 26.5. The quantitative estimate of drug-likeness (QED) is 0.304. The highest BCUT2D eigenvalue weighted by Gasteiger charge is 2.29. The molecule has 0 aromatic heterocycles. The van der Waals surface area contributed by atoms with Crippen molar-refractivity contribution in [3.63, 3.8) is 0 Å². The van der Waals surface area contributed by atoms with Crippen LogP contribution in [0.1, 0.15) is 75.1 Å². The van der Waals surface area contributed by atoms with Crippen LogP contribution < -0.4 is 10.1 Å². The maximum atomic E-state index is 13.3. The number of nitrogens with one attached hydrogen (secondary N) is 1. The van der Waals surface area contributed by atoms with E-state index < -0.39 is 11.6 Å². The largest absolute Gasteiger partial charge is 0.478 e. The van der Waals surface area contributed by atoms with Crippen molar-refractivity contribution >= 4 is 17.7 Å². The van der Waals surface area contributed by atoms with E-state index in [0.29, 0.717) is 25.3 Å². The molecule has 0 atom stereocenters. The number of amides is 2. The Labute approximate surface area is 210 Å². The zero-order chi connectivity index (χ0) is 26.0. The van der Waals surface area contributed by atoms with Gasteiger partial charge in [-0.05, 0) is 76.3 Å². The van der Waals surface area contributed by atoms with Gasteiger partial charge in [-0.25, -0.2) is 9.59 Å². The number of hydrogen-bond acceptors (Lipinski definition) is 3. The third kappa shape index (κ3) is 8.93. The number of aliphatic carboxylic acids is 1. The Balaban J connectivity index is 2.05. The summed E-state index contributed by atoms with van der Waals surface area (Å²) in [6.45, 7) is 12.7. The third-order valence-corrected chi connectivity index (χ3v) is 6.21. The average Bonchev–Trinajstić information content (AvgIpc) is 2.78. The highest BCUT2D eigenvalue weighted by atomic mass is 16.5. The van der Waals surface area contributed by atoms with Gasteiger partial charge in [-0.2, -0.15) is 0 Å². The van der Waals surface area contributed by atoms with Gasteiger partial charge in [0, 0.05) is 18.8 Å². The molecule has 192 valence electrons. The van der Waals surface area contributed by atoms with Crippen LogP contribution in [0.3, 0.4) is 0 Å². The number of benzene rings is 2. The molecule has 2 rings (SSSR count). The van der Waals surface area contributed by atoms with Crippen LogP contribution in [0.15, 0.2) is 36.4 Å². The maximum Gasteiger partial charge on any atom is 0.347 e. The van der Waals surface area contributed by atoms with Crippen LogP contribution in [0.5, 0.6) is 5.75 Å². The standard InChI is InChI=1S/C29H42N2O4/c1-7-8-9-10-11-17-31(28(34)30-26-22(3)19-21(2)20-23(26)4)18-16-24-12-14-25(15-13-24)35-29(5,6)27(32)33/h12-15,19-20H,7-11,16-18H2,1-6H3,(H,30,34)(H,32,33). The topological polar surface area (TPSA) is 78.9 Å². The van der Waals surface area contributed by atoms with Gasteiger partial charge in [-0.15, -0.1) is 0 Å². The molecule has 2 amide bonds. The number of unbranched alkanes of at least 4 members (excludes halogenated alkanes) is 4. The number of urea groups is 1. The van der Waals surface area contributed by atoms with Crippen LogP contribution in [0.25, 0.3) is 0 Å². The van der Waals surface area contributed by atoms with Gasteiger partial charge in [0.1, 0.15) is 5.75 Å². The van der Waals surface area contributed by atoms with E-state index >= 15 is 0 Å². The molecule has 0 heterocycles. The number of nitrogens with zero attached hydrogens (tertiary/aromatic N) is 1. The molecule has 2 N–H and O–H groups in total. The van der Waals surface area contributed by atoms with Crippen LogP contribution in [0.2, 0.25) is 0 Å². The summed E-state index contributed by atoms with van der Waals surface area (Å²) in [6, 6.07) is 11.5. The molecule has 0 saturated heterocycles. The molecular formula is C29H42N2O4. The third-order valence-electron chi connectivity index (χ3n) is 6.21. The van der Waals surface area contributed by atoms with E-state index in [1.165, 1.54) is 38.7 Å². The fourth-order valence-electron chi connectivity index (χ4n) is 4.11. The normalized spacial score (nSPS) is 11.3. The second kappa shape index (κ2) is 13.2. The Morgan fingerprint density at radius 2 is 1.54 bits per heavy atom. The predicted molar refractivity (Wildman–Crippen MR) is 142 cm³/mol. The van der Waals surface area contributed by atoms with E-state index in [-0.39, 0.29) is 6.03 Å². The minimum atomic E-state index is -1.29. The first-order valence-electron chi connectivity index (χ1n) is 12.7. The molecule has 0 saturated carbocycles. The maximum absolute atomic E-state index is 13.3. The molecule has 0 radical (unpaired) electrons. The van der Waals surface area contributed by atoms with E-state index in [4.69, 9.17) is 4.74 Å². The minimum absolute atomic E-state index is 0.0706. The second-order valence-corrected chi connectivity index (χ2v) is 9.92. The minimum Gasteiger partial charge on any atom is -0.478 e. The van der Waals surface area contributed by atoms with E-state index in [9.17, 15) is 14.7 Å². The molecular weight excluding hydrogens is 440 g/mol. The number of carbonyl (C=O) groups is 2. The van der Waals surface area contributed by atoms with Gasteiger partial charge in [0.05, 0.1) is 0 Å². The number of ether oxygens (including phenoxy) is 1. The Morgan fingerprint density at radius 1 is 0.943 bits per heavy atom. The van der Waals surface area contributed by atoms with Crippen molar-refractivity contribution < 1.29 is 19.4 Å². The molecule has 2 aromatic carbocycles. The van der Waals surface area contributed by atoms with Crippen LogP contribution in [0.4, 0.5) is 10.5 Å². The molecule has 0 spiro atoms. The number of carboxylic acids is 1. The van der Waals surface area contributed by atoms with Gasteiger partial charge in [0.25, 0.3) is 0 Å². The van der Waals surface area contributed by atoms with E-state index in [1.807, 2.05) is 30.9 Å². The van der Waals surface area contributed by atoms with Crippen molar-refractivity contribution in [3.8, 4) is 5.75 Å². The van der Waals surface area contributed by atoms with Crippen LogP contribution >= 0.6 is 0 Å². The number of aryl methyl sites for hydroxylation is 3. The van der Waals surface area contributed by atoms with Crippen LogP contribution in [0, 0.1) is 20.8 Å². The molecule has 0 aliphatic rings. The van der Waals surface area contributed by atoms with Crippen molar-refractivity contribution in [1.82, 2.24) is 4.90 Å². The zero-order valence-electron chi connectivity index (χ0n) is 22.2. The van der Waals surface area contributed by atoms with Gasteiger partial charge in [0.2, 0.25) is 0 Å². The number of carboxylic acid groups (broad SMARTS) is 1. The van der Waals surface area contributed by atoms with Crippen molar-refractivity contribution in [2.24, 2.45) is 0 Å². The Hall–Kier alpha value is -3.02. The average molecular weight is 483 g/mol. The second-order valence-electron chi connectivity index (χ2n) is 9.92. The predicted octanol–water partition coefficient (Wildman–Crippen LogP) is 6.90. The number of hydrogen-bond donors (Lipinski definition) is 2. The Kier molecular flexibility index (Phi) is 10.6. The fraction of sp³-hybridized carbons (Fsp3) is 0.517. The lowest BCUT2D eigenvalue weighted by atomic mass is 10.1. The lowest BCUT2D eigenvalue weighted by Gasteiger charge is -2.25. The number of anilines is 1. The van der Waals surface area contributed by atoms with E-state index in [0.717, 1.165) is 35.2 Å². The smallest absolute Gasteiger partial charge is 0.347 e. The summed E-state index contributed by atoms with van der Waals surface area (Å²) in [7, 11) is 0. The molecule has 0 bridgehead atoms. The van der Waals surface area contributed by atoms with Gasteiger partial charge in [-0.1, -0.05) is 62.4 Å². The van der Waals surface area contributed by atoms with Gasteiger partial charge >= 0.3 is 12.0 Å². The molecule has 0 unspecified atom stereocenters. The first-order valence-corrected chi connectivity index (χ1v) is 12.7. The zero-order valence-corrected chi connectivity index (χ0v) is 22.2. The highest BCUT2D eigenvalue weighted by molar-refractivity contribution is 5.91. The molecule has 0 aliphatic heterocycles. The van der Waals surface area contributed by atoms with Gasteiger partial charge in [-0.3, -0.25) is 0 Å². The Morgan fingerprint density at radius 3 is 2.11 bits per heavy atom. The van der Waals surface area contributed by atoms with Gasteiger partial charge in [0.15, 0.2) is 5.60 Å². The van der Waals surface area contributed by atoms with Gasteiger partial charge < -0.3 is 20.1 Å². The number of rotatable bonds is 13.